The van der Waals surface area contributed by atoms with E-state index in [9.17, 15) is 14.4 Å². The van der Waals surface area contributed by atoms with Crippen molar-refractivity contribution in [3.63, 3.8) is 0 Å². The van der Waals surface area contributed by atoms with Crippen molar-refractivity contribution >= 4 is 29.1 Å². The Morgan fingerprint density at radius 2 is 1.61 bits per heavy atom. The highest BCUT2D eigenvalue weighted by molar-refractivity contribution is 6.07. The molecule has 4 N–H and O–H groups in total. The third kappa shape index (κ3) is 5.90. The molecule has 1 aliphatic heterocycles. The molecule has 0 aliphatic carbocycles. The second-order valence-corrected chi connectivity index (χ2v) is 8.60. The summed E-state index contributed by atoms with van der Waals surface area (Å²) in [5, 5.41) is 5.69. The quantitative estimate of drug-likeness (QED) is 0.598. The van der Waals surface area contributed by atoms with Crippen LogP contribution in [0.15, 0.2) is 36.4 Å². The van der Waals surface area contributed by atoms with Gasteiger partial charge in [0.15, 0.2) is 0 Å². The molecule has 0 bridgehead atoms. The average Bonchev–Trinajstić information content (AvgIpc) is 2.76. The van der Waals surface area contributed by atoms with Crippen molar-refractivity contribution in [1.82, 2.24) is 5.32 Å². The molecule has 2 aromatic carbocycles. The minimum atomic E-state index is -0.484. The number of anilines is 2. The van der Waals surface area contributed by atoms with Crippen LogP contribution in [-0.4, -0.2) is 49.6 Å². The maximum absolute atomic E-state index is 13.1. The minimum Gasteiger partial charge on any atom is -0.377 e. The van der Waals surface area contributed by atoms with Crippen molar-refractivity contribution in [2.24, 2.45) is 5.73 Å². The summed E-state index contributed by atoms with van der Waals surface area (Å²) in [5.74, 6) is -1.07. The van der Waals surface area contributed by atoms with E-state index in [1.807, 2.05) is 32.0 Å². The lowest BCUT2D eigenvalue weighted by Crippen LogP contribution is -2.50. The fourth-order valence-electron chi connectivity index (χ4n) is 3.96. The Balaban J connectivity index is 1.93. The van der Waals surface area contributed by atoms with Gasteiger partial charge in [0.2, 0.25) is 5.91 Å². The Morgan fingerprint density at radius 1 is 0.970 bits per heavy atom. The molecule has 0 radical (unpaired) electrons. The van der Waals surface area contributed by atoms with Gasteiger partial charge in [0.25, 0.3) is 11.8 Å². The molecule has 2 unspecified atom stereocenters. The van der Waals surface area contributed by atoms with E-state index in [0.717, 1.165) is 16.8 Å². The predicted molar refractivity (Wildman–Crippen MR) is 129 cm³/mol. The summed E-state index contributed by atoms with van der Waals surface area (Å²) in [5.41, 5.74) is 9.58. The largest absolute Gasteiger partial charge is 0.377 e. The number of ether oxygens (including phenoxy) is 1. The second kappa shape index (κ2) is 10.5. The zero-order chi connectivity index (χ0) is 24.1. The Morgan fingerprint density at radius 3 is 2.24 bits per heavy atom. The number of carbonyl (C=O) groups excluding carboxylic acids is 3. The maximum Gasteiger partial charge on any atom is 0.255 e. The Hall–Kier alpha value is -3.39. The summed E-state index contributed by atoms with van der Waals surface area (Å²) >= 11 is 0. The summed E-state index contributed by atoms with van der Waals surface area (Å²) < 4.78 is 5.66. The number of nitrogens with zero attached hydrogens (tertiary/aromatic N) is 1. The van der Waals surface area contributed by atoms with Gasteiger partial charge in [-0.2, -0.15) is 0 Å². The number of morpholine rings is 1. The first-order chi connectivity index (χ1) is 15.7. The number of hydrogen-bond acceptors (Lipinski definition) is 5. The van der Waals surface area contributed by atoms with Crippen LogP contribution in [0.4, 0.5) is 11.4 Å². The normalized spacial score (nSPS) is 18.0. The number of amides is 3. The van der Waals surface area contributed by atoms with Gasteiger partial charge in [-0.25, -0.2) is 0 Å². The Bertz CT molecular complexity index is 1040. The third-order valence-corrected chi connectivity index (χ3v) is 5.88. The monoisotopic (exact) mass is 452 g/mol. The van der Waals surface area contributed by atoms with E-state index in [4.69, 9.17) is 10.5 Å². The Labute approximate surface area is 194 Å². The van der Waals surface area contributed by atoms with Gasteiger partial charge in [-0.15, -0.1) is 0 Å². The van der Waals surface area contributed by atoms with Crippen molar-refractivity contribution in [3.8, 4) is 0 Å². The van der Waals surface area contributed by atoms with Crippen LogP contribution < -0.4 is 21.3 Å². The molecule has 2 aromatic rings. The standard InChI is InChI=1S/C25H32N4O4/c1-15-5-6-19(11-16(15)2)25(32)28-21-12-20(24(31)27-10-9-23(26)30)7-8-22(21)29-17(3)13-33-14-18(29)4/h5-8,11-12,17-18H,9-10,13-14H2,1-4H3,(H2,26,30)(H,27,31)(H,28,32). The predicted octanol–water partition coefficient (Wildman–Crippen LogP) is 2.77. The molecule has 1 saturated heterocycles. The first-order valence-corrected chi connectivity index (χ1v) is 11.1. The SMILES string of the molecule is Cc1ccc(C(=O)Nc2cc(C(=O)NCCC(N)=O)ccc2N2C(C)COCC2C)cc1C. The molecule has 0 saturated carbocycles. The van der Waals surface area contributed by atoms with Crippen LogP contribution >= 0.6 is 0 Å². The highest BCUT2D eigenvalue weighted by atomic mass is 16.5. The topological polar surface area (TPSA) is 114 Å². The highest BCUT2D eigenvalue weighted by Gasteiger charge is 2.28. The summed E-state index contributed by atoms with van der Waals surface area (Å²) in [6.45, 7) is 9.39. The van der Waals surface area contributed by atoms with Crippen LogP contribution in [0.25, 0.3) is 0 Å². The van der Waals surface area contributed by atoms with Crippen LogP contribution in [0, 0.1) is 13.8 Å². The Kier molecular flexibility index (Phi) is 7.71. The van der Waals surface area contributed by atoms with E-state index >= 15 is 0 Å². The van der Waals surface area contributed by atoms with Crippen molar-refractivity contribution in [2.75, 3.05) is 30.0 Å². The van der Waals surface area contributed by atoms with Gasteiger partial charge in [-0.05, 0) is 69.2 Å². The van der Waals surface area contributed by atoms with Gasteiger partial charge in [-0.1, -0.05) is 6.07 Å². The van der Waals surface area contributed by atoms with Crippen molar-refractivity contribution < 1.29 is 19.1 Å². The lowest BCUT2D eigenvalue weighted by atomic mass is 10.0. The highest BCUT2D eigenvalue weighted by Crippen LogP contribution is 2.32. The second-order valence-electron chi connectivity index (χ2n) is 8.60. The van der Waals surface area contributed by atoms with E-state index < -0.39 is 5.91 Å². The summed E-state index contributed by atoms with van der Waals surface area (Å²) in [6.07, 6.45) is 0.0585. The number of nitrogens with one attached hydrogen (secondary N) is 2. The van der Waals surface area contributed by atoms with Crippen LogP contribution in [0.5, 0.6) is 0 Å². The molecule has 1 heterocycles. The molecule has 3 rings (SSSR count). The third-order valence-electron chi connectivity index (χ3n) is 5.88. The van der Waals surface area contributed by atoms with E-state index in [-0.39, 0.29) is 36.9 Å². The van der Waals surface area contributed by atoms with Crippen molar-refractivity contribution in [3.05, 3.63) is 58.7 Å². The van der Waals surface area contributed by atoms with Crippen LogP contribution in [0.3, 0.4) is 0 Å². The molecule has 2 atom stereocenters. The van der Waals surface area contributed by atoms with Gasteiger partial charge < -0.3 is 26.0 Å². The number of nitrogens with two attached hydrogens (primary N) is 1. The van der Waals surface area contributed by atoms with Crippen molar-refractivity contribution in [1.29, 1.82) is 0 Å². The molecule has 176 valence electrons. The molecule has 0 aromatic heterocycles. The first kappa shape index (κ1) is 24.3. The zero-order valence-corrected chi connectivity index (χ0v) is 19.6. The van der Waals surface area contributed by atoms with Crippen molar-refractivity contribution in [2.45, 2.75) is 46.2 Å². The fraction of sp³-hybridized carbons (Fsp3) is 0.400. The molecule has 8 heteroatoms. The number of benzene rings is 2. The fourth-order valence-corrected chi connectivity index (χ4v) is 3.96. The van der Waals surface area contributed by atoms with Gasteiger partial charge in [-0.3, -0.25) is 14.4 Å². The van der Waals surface area contributed by atoms with E-state index in [1.165, 1.54) is 0 Å². The zero-order valence-electron chi connectivity index (χ0n) is 19.6. The van der Waals surface area contributed by atoms with Crippen LogP contribution in [-0.2, 0) is 9.53 Å². The van der Waals surface area contributed by atoms with Gasteiger partial charge >= 0.3 is 0 Å². The van der Waals surface area contributed by atoms with Gasteiger partial charge in [0.1, 0.15) is 0 Å². The minimum absolute atomic E-state index is 0.0585. The average molecular weight is 453 g/mol. The van der Waals surface area contributed by atoms with Crippen LogP contribution in [0.1, 0.15) is 52.1 Å². The van der Waals surface area contributed by atoms with E-state index in [2.05, 4.69) is 29.4 Å². The molecule has 8 nitrogen and oxygen atoms in total. The lowest BCUT2D eigenvalue weighted by Gasteiger charge is -2.41. The molecule has 3 amide bonds. The number of primary amides is 1. The summed E-state index contributed by atoms with van der Waals surface area (Å²) in [6, 6.07) is 11.0. The molecule has 33 heavy (non-hydrogen) atoms. The number of aryl methyl sites for hydroxylation is 2. The molecular weight excluding hydrogens is 420 g/mol. The van der Waals surface area contributed by atoms with E-state index in [1.54, 1.807) is 18.2 Å². The van der Waals surface area contributed by atoms with Crippen LogP contribution in [0.2, 0.25) is 0 Å². The molecule has 1 fully saturated rings. The molecular formula is C25H32N4O4. The first-order valence-electron chi connectivity index (χ1n) is 11.1. The lowest BCUT2D eigenvalue weighted by molar-refractivity contribution is -0.117. The number of hydrogen-bond donors (Lipinski definition) is 3. The summed E-state index contributed by atoms with van der Waals surface area (Å²) in [4.78, 5) is 38.9. The van der Waals surface area contributed by atoms with E-state index in [0.29, 0.717) is 30.0 Å². The smallest absolute Gasteiger partial charge is 0.255 e. The molecule has 1 aliphatic rings. The number of carbonyl (C=O) groups is 3. The molecule has 0 spiro atoms. The summed E-state index contributed by atoms with van der Waals surface area (Å²) in [7, 11) is 0. The van der Waals surface area contributed by atoms with Gasteiger partial charge in [0.05, 0.1) is 24.6 Å². The van der Waals surface area contributed by atoms with Gasteiger partial charge in [0, 0.05) is 36.2 Å². The number of rotatable bonds is 7. The maximum atomic E-state index is 13.1.